The van der Waals surface area contributed by atoms with E-state index in [4.69, 9.17) is 0 Å². The number of hydrogen-bond donors (Lipinski definition) is 1. The summed E-state index contributed by atoms with van der Waals surface area (Å²) in [6, 6.07) is 3.63. The van der Waals surface area contributed by atoms with E-state index in [1.165, 1.54) is 25.2 Å². The highest BCUT2D eigenvalue weighted by Crippen LogP contribution is 2.23. The molecule has 0 aliphatic carbocycles. The van der Waals surface area contributed by atoms with Crippen LogP contribution in [0.5, 0.6) is 0 Å². The fourth-order valence-electron chi connectivity index (χ4n) is 4.36. The van der Waals surface area contributed by atoms with Gasteiger partial charge in [0.2, 0.25) is 5.91 Å². The van der Waals surface area contributed by atoms with Crippen molar-refractivity contribution in [3.63, 3.8) is 0 Å². The third-order valence-corrected chi connectivity index (χ3v) is 6.17. The van der Waals surface area contributed by atoms with Crippen LogP contribution in [0.2, 0.25) is 0 Å². The van der Waals surface area contributed by atoms with Gasteiger partial charge in [0.15, 0.2) is 12.4 Å². The Bertz CT molecular complexity index is 656. The van der Waals surface area contributed by atoms with Crippen LogP contribution in [0.25, 0.3) is 0 Å². The molecule has 2 amide bonds. The number of hydrogen-bond acceptors (Lipinski definition) is 4. The predicted molar refractivity (Wildman–Crippen MR) is 107 cm³/mol. The molecule has 2 fully saturated rings. The van der Waals surface area contributed by atoms with Gasteiger partial charge in [-0.1, -0.05) is 6.92 Å². The zero-order valence-corrected chi connectivity index (χ0v) is 16.8. The summed E-state index contributed by atoms with van der Waals surface area (Å²) in [7, 11) is 0. The topological polar surface area (TPSA) is 79.6 Å². The summed E-state index contributed by atoms with van der Waals surface area (Å²) in [5.74, 6) is 0.624. The molecule has 28 heavy (non-hydrogen) atoms. The number of aromatic nitrogens is 1. The first-order valence-electron chi connectivity index (χ1n) is 10.6. The molecule has 1 aromatic heterocycles. The van der Waals surface area contributed by atoms with Gasteiger partial charge in [0.05, 0.1) is 5.56 Å². The smallest absolute Gasteiger partial charge is 0.254 e. The largest absolute Gasteiger partial charge is 0.619 e. The fraction of sp³-hybridized carbons (Fsp3) is 0.667. The molecule has 1 atom stereocenters. The molecule has 7 nitrogen and oxygen atoms in total. The summed E-state index contributed by atoms with van der Waals surface area (Å²) < 4.78 is 0.681. The number of pyridine rings is 1. The number of carbonyl (C=O) groups is 2. The summed E-state index contributed by atoms with van der Waals surface area (Å²) in [5, 5.41) is 14.2. The molecule has 2 saturated heterocycles. The minimum absolute atomic E-state index is 0.0196. The van der Waals surface area contributed by atoms with Crippen LogP contribution in [0.15, 0.2) is 24.5 Å². The molecule has 0 saturated carbocycles. The van der Waals surface area contributed by atoms with Gasteiger partial charge < -0.3 is 15.4 Å². The van der Waals surface area contributed by atoms with Crippen molar-refractivity contribution in [1.29, 1.82) is 0 Å². The Morgan fingerprint density at radius 1 is 1.18 bits per heavy atom. The Morgan fingerprint density at radius 3 is 2.57 bits per heavy atom. The summed E-state index contributed by atoms with van der Waals surface area (Å²) in [4.78, 5) is 29.0. The molecule has 154 valence electrons. The van der Waals surface area contributed by atoms with Crippen molar-refractivity contribution in [2.24, 2.45) is 5.92 Å². The van der Waals surface area contributed by atoms with E-state index < -0.39 is 0 Å². The van der Waals surface area contributed by atoms with Crippen LogP contribution in [-0.4, -0.2) is 60.4 Å². The molecule has 2 aliphatic rings. The van der Waals surface area contributed by atoms with Gasteiger partial charge in [-0.05, 0) is 51.1 Å². The Hall–Kier alpha value is -2.15. The number of amides is 2. The van der Waals surface area contributed by atoms with Gasteiger partial charge in [-0.25, -0.2) is 0 Å². The lowest BCUT2D eigenvalue weighted by Gasteiger charge is -2.32. The zero-order valence-electron chi connectivity index (χ0n) is 16.8. The van der Waals surface area contributed by atoms with E-state index in [-0.39, 0.29) is 11.8 Å². The molecule has 1 unspecified atom stereocenters. The van der Waals surface area contributed by atoms with E-state index in [0.717, 1.165) is 38.9 Å². The Morgan fingerprint density at radius 2 is 1.89 bits per heavy atom. The average Bonchev–Trinajstić information content (AvgIpc) is 3.19. The van der Waals surface area contributed by atoms with Gasteiger partial charge in [-0.3, -0.25) is 14.5 Å². The SMILES string of the molecule is CCN1CCCC1CNC(=O)CCC1CCN(C(=O)c2cc[n+]([O-])cc2)CC1. The Kier molecular flexibility index (Phi) is 7.25. The number of nitrogens with zero attached hydrogens (tertiary/aromatic N) is 3. The van der Waals surface area contributed by atoms with Gasteiger partial charge in [-0.2, -0.15) is 4.73 Å². The van der Waals surface area contributed by atoms with Crippen molar-refractivity contribution in [2.75, 3.05) is 32.7 Å². The van der Waals surface area contributed by atoms with E-state index >= 15 is 0 Å². The van der Waals surface area contributed by atoms with Crippen LogP contribution in [0, 0.1) is 11.1 Å². The lowest BCUT2D eigenvalue weighted by Crippen LogP contribution is -2.40. The van der Waals surface area contributed by atoms with Crippen molar-refractivity contribution >= 4 is 11.8 Å². The van der Waals surface area contributed by atoms with E-state index in [2.05, 4.69) is 17.1 Å². The molecule has 0 radical (unpaired) electrons. The first-order valence-corrected chi connectivity index (χ1v) is 10.6. The van der Waals surface area contributed by atoms with Crippen LogP contribution in [0.3, 0.4) is 0 Å². The van der Waals surface area contributed by atoms with Crippen molar-refractivity contribution in [1.82, 2.24) is 15.1 Å². The van der Waals surface area contributed by atoms with Crippen LogP contribution < -0.4 is 10.0 Å². The van der Waals surface area contributed by atoms with Gasteiger partial charge in [0.25, 0.3) is 5.91 Å². The van der Waals surface area contributed by atoms with Crippen molar-refractivity contribution in [3.05, 3.63) is 35.3 Å². The normalized spacial score (nSPS) is 21.0. The fourth-order valence-corrected chi connectivity index (χ4v) is 4.36. The van der Waals surface area contributed by atoms with Gasteiger partial charge in [0, 0.05) is 44.2 Å². The second kappa shape index (κ2) is 9.87. The minimum Gasteiger partial charge on any atom is -0.619 e. The van der Waals surface area contributed by atoms with E-state index in [1.807, 2.05) is 4.90 Å². The van der Waals surface area contributed by atoms with Gasteiger partial charge in [-0.15, -0.1) is 0 Å². The number of nitrogens with one attached hydrogen (secondary N) is 1. The number of piperidine rings is 1. The van der Waals surface area contributed by atoms with Crippen LogP contribution in [-0.2, 0) is 4.79 Å². The first-order chi connectivity index (χ1) is 13.6. The molecule has 0 aromatic carbocycles. The quantitative estimate of drug-likeness (QED) is 0.568. The van der Waals surface area contributed by atoms with Crippen LogP contribution in [0.1, 0.15) is 55.8 Å². The maximum Gasteiger partial charge on any atom is 0.254 e. The molecule has 7 heteroatoms. The highest BCUT2D eigenvalue weighted by molar-refractivity contribution is 5.94. The number of likely N-dealkylation sites (tertiary alicyclic amines) is 2. The van der Waals surface area contributed by atoms with Crippen LogP contribution >= 0.6 is 0 Å². The average molecular weight is 389 g/mol. The predicted octanol–water partition coefficient (Wildman–Crippen LogP) is 1.55. The lowest BCUT2D eigenvalue weighted by molar-refractivity contribution is -0.605. The highest BCUT2D eigenvalue weighted by atomic mass is 16.5. The highest BCUT2D eigenvalue weighted by Gasteiger charge is 2.25. The molecule has 2 aliphatic heterocycles. The van der Waals surface area contributed by atoms with Crippen molar-refractivity contribution in [2.45, 2.75) is 51.5 Å². The first kappa shape index (κ1) is 20.6. The third-order valence-electron chi connectivity index (χ3n) is 6.17. The third kappa shape index (κ3) is 5.44. The standard InChI is InChI=1S/C21H32N4O3/c1-2-23-11-3-4-19(23)16-22-20(26)6-5-17-7-12-24(13-8-17)21(27)18-9-14-25(28)15-10-18/h9-10,14-15,17,19H,2-8,11-13,16H2,1H3,(H,22,26). The molecule has 1 aromatic rings. The van der Waals surface area contributed by atoms with Crippen molar-refractivity contribution in [3.8, 4) is 0 Å². The zero-order chi connectivity index (χ0) is 19.9. The molecule has 3 heterocycles. The molecule has 0 bridgehead atoms. The Balaban J connectivity index is 1.34. The van der Waals surface area contributed by atoms with Gasteiger partial charge >= 0.3 is 0 Å². The maximum absolute atomic E-state index is 12.5. The summed E-state index contributed by atoms with van der Waals surface area (Å²) in [6.45, 7) is 6.57. The van der Waals surface area contributed by atoms with E-state index in [1.54, 1.807) is 12.1 Å². The second-order valence-electron chi connectivity index (χ2n) is 7.95. The minimum atomic E-state index is -0.0196. The Labute approximate surface area is 167 Å². The molecular formula is C21H32N4O3. The molecular weight excluding hydrogens is 356 g/mol. The monoisotopic (exact) mass is 388 g/mol. The number of carbonyl (C=O) groups excluding carboxylic acids is 2. The van der Waals surface area contributed by atoms with Crippen molar-refractivity contribution < 1.29 is 14.3 Å². The second-order valence-corrected chi connectivity index (χ2v) is 7.95. The van der Waals surface area contributed by atoms with Crippen LogP contribution in [0.4, 0.5) is 0 Å². The van der Waals surface area contributed by atoms with E-state index in [0.29, 0.717) is 41.8 Å². The summed E-state index contributed by atoms with van der Waals surface area (Å²) >= 11 is 0. The van der Waals surface area contributed by atoms with E-state index in [9.17, 15) is 14.8 Å². The lowest BCUT2D eigenvalue weighted by atomic mass is 9.91. The molecule has 0 spiro atoms. The maximum atomic E-state index is 12.5. The molecule has 1 N–H and O–H groups in total. The summed E-state index contributed by atoms with van der Waals surface area (Å²) in [6.07, 6.45) is 8.42. The summed E-state index contributed by atoms with van der Waals surface area (Å²) in [5.41, 5.74) is 0.554. The number of rotatable bonds is 7. The number of likely N-dealkylation sites (N-methyl/N-ethyl adjacent to an activating group) is 1. The molecule has 3 rings (SSSR count). The van der Waals surface area contributed by atoms with Gasteiger partial charge in [0.1, 0.15) is 0 Å².